The van der Waals surface area contributed by atoms with Gasteiger partial charge < -0.3 is 14.6 Å². The lowest BCUT2D eigenvalue weighted by Gasteiger charge is -2.17. The van der Waals surface area contributed by atoms with Crippen molar-refractivity contribution in [2.45, 2.75) is 6.54 Å². The summed E-state index contributed by atoms with van der Waals surface area (Å²) in [5, 5.41) is 1.82. The van der Waals surface area contributed by atoms with Gasteiger partial charge in [0.15, 0.2) is 0 Å². The molecule has 0 unspecified atom stereocenters. The summed E-state index contributed by atoms with van der Waals surface area (Å²) in [6.45, 7) is 0.202. The van der Waals surface area contributed by atoms with E-state index in [9.17, 15) is 9.59 Å². The average Bonchev–Trinajstić information content (AvgIpc) is 3.18. The average molecular weight is 392 g/mol. The van der Waals surface area contributed by atoms with Gasteiger partial charge in [-0.15, -0.1) is 11.3 Å². The minimum Gasteiger partial charge on any atom is -0.456 e. The molecule has 28 heavy (non-hydrogen) atoms. The van der Waals surface area contributed by atoms with E-state index in [1.54, 1.807) is 61.9 Å². The first-order valence-electron chi connectivity index (χ1n) is 8.50. The molecule has 1 aromatic carbocycles. The first kappa shape index (κ1) is 17.9. The number of nitrogens with one attached hydrogen (secondary N) is 1. The number of ether oxygens (including phenoxy) is 1. The van der Waals surface area contributed by atoms with E-state index in [0.29, 0.717) is 33.1 Å². The second kappa shape index (κ2) is 7.61. The molecule has 0 saturated heterocycles. The van der Waals surface area contributed by atoms with Gasteiger partial charge in [-0.1, -0.05) is 0 Å². The van der Waals surface area contributed by atoms with Crippen LogP contribution in [0.25, 0.3) is 10.2 Å². The van der Waals surface area contributed by atoms with Crippen LogP contribution in [0.4, 0.5) is 0 Å². The highest BCUT2D eigenvalue weighted by molar-refractivity contribution is 7.17. The minimum atomic E-state index is -0.187. The van der Waals surface area contributed by atoms with E-state index in [1.165, 1.54) is 16.2 Å². The Morgan fingerprint density at radius 1 is 1.18 bits per heavy atom. The summed E-state index contributed by atoms with van der Waals surface area (Å²) in [5.74, 6) is 1.50. The van der Waals surface area contributed by atoms with Crippen molar-refractivity contribution in [2.75, 3.05) is 7.05 Å². The van der Waals surface area contributed by atoms with Crippen molar-refractivity contribution in [1.82, 2.24) is 19.9 Å². The zero-order valence-corrected chi connectivity index (χ0v) is 15.8. The summed E-state index contributed by atoms with van der Waals surface area (Å²) in [7, 11) is 1.67. The Hall–Kier alpha value is -3.52. The minimum absolute atomic E-state index is 0.180. The lowest BCUT2D eigenvalue weighted by Crippen LogP contribution is -2.28. The maximum atomic E-state index is 12.7. The van der Waals surface area contributed by atoms with Gasteiger partial charge in [-0.05, 0) is 47.8 Å². The number of H-pyrrole nitrogens is 1. The molecule has 8 heteroatoms. The lowest BCUT2D eigenvalue weighted by molar-refractivity contribution is 0.0781. The van der Waals surface area contributed by atoms with E-state index < -0.39 is 0 Å². The smallest absolute Gasteiger partial charge is 0.268 e. The number of fused-ring (bicyclic) bond motifs is 1. The van der Waals surface area contributed by atoms with Crippen LogP contribution in [-0.4, -0.2) is 32.8 Å². The molecule has 0 fully saturated rings. The molecule has 4 aromatic rings. The number of aromatic amines is 1. The predicted molar refractivity (Wildman–Crippen MR) is 107 cm³/mol. The maximum absolute atomic E-state index is 12.7. The number of pyridine rings is 1. The van der Waals surface area contributed by atoms with E-state index in [4.69, 9.17) is 4.74 Å². The molecule has 1 N–H and O–H groups in total. The van der Waals surface area contributed by atoms with Gasteiger partial charge in [0.2, 0.25) is 0 Å². The maximum Gasteiger partial charge on any atom is 0.268 e. The molecular weight excluding hydrogens is 376 g/mol. The van der Waals surface area contributed by atoms with Crippen molar-refractivity contribution < 1.29 is 9.53 Å². The number of hydrogen-bond donors (Lipinski definition) is 1. The van der Waals surface area contributed by atoms with Gasteiger partial charge in [0.25, 0.3) is 11.5 Å². The molecule has 3 aromatic heterocycles. The Labute approximate surface area is 164 Å². The van der Waals surface area contributed by atoms with E-state index in [2.05, 4.69) is 15.0 Å². The topological polar surface area (TPSA) is 88.2 Å². The predicted octanol–water partition coefficient (Wildman–Crippen LogP) is 3.44. The number of nitrogens with zero attached hydrogens (tertiary/aromatic N) is 3. The Balaban J connectivity index is 1.46. The highest BCUT2D eigenvalue weighted by Crippen LogP contribution is 2.21. The summed E-state index contributed by atoms with van der Waals surface area (Å²) < 4.78 is 6.26. The summed E-state index contributed by atoms with van der Waals surface area (Å²) in [4.78, 5) is 37.4. The molecule has 0 radical (unpaired) electrons. The molecule has 140 valence electrons. The van der Waals surface area contributed by atoms with Crippen LogP contribution < -0.4 is 10.3 Å². The van der Waals surface area contributed by atoms with Crippen LogP contribution in [0, 0.1) is 0 Å². The van der Waals surface area contributed by atoms with Gasteiger partial charge in [-0.2, -0.15) is 0 Å². The number of carbonyl (C=O) groups excluding carboxylic acids is 1. The highest BCUT2D eigenvalue weighted by atomic mass is 32.1. The molecule has 0 spiro atoms. The number of hydrogen-bond acceptors (Lipinski definition) is 6. The molecule has 7 nitrogen and oxygen atoms in total. The molecule has 0 saturated carbocycles. The van der Waals surface area contributed by atoms with E-state index in [0.717, 1.165) is 0 Å². The monoisotopic (exact) mass is 392 g/mol. The van der Waals surface area contributed by atoms with Gasteiger partial charge >= 0.3 is 0 Å². The summed E-state index contributed by atoms with van der Waals surface area (Å²) in [6.07, 6.45) is 3.29. The largest absolute Gasteiger partial charge is 0.456 e. The van der Waals surface area contributed by atoms with Crippen LogP contribution in [0.3, 0.4) is 0 Å². The van der Waals surface area contributed by atoms with Crippen molar-refractivity contribution >= 4 is 27.5 Å². The van der Waals surface area contributed by atoms with Gasteiger partial charge in [0, 0.05) is 18.8 Å². The first-order valence-corrected chi connectivity index (χ1v) is 9.38. The Bertz CT molecular complexity index is 1170. The van der Waals surface area contributed by atoms with Crippen LogP contribution in [0.1, 0.15) is 16.2 Å². The van der Waals surface area contributed by atoms with Crippen LogP contribution in [-0.2, 0) is 6.54 Å². The molecule has 0 bridgehead atoms. The fraction of sp³-hybridized carbons (Fsp3) is 0.100. The molecule has 1 amide bonds. The zero-order chi connectivity index (χ0) is 19.5. The van der Waals surface area contributed by atoms with Crippen molar-refractivity contribution in [3.63, 3.8) is 0 Å². The zero-order valence-electron chi connectivity index (χ0n) is 15.0. The summed E-state index contributed by atoms with van der Waals surface area (Å²) >= 11 is 1.34. The standard InChI is InChI=1S/C20H16N4O3S/c1-24(12-17-22-16-8-10-28-18(16)19(25)23-17)20(26)13-4-6-14(7-5-13)27-15-3-2-9-21-11-15/h2-11H,12H2,1H3,(H,22,23,25). The molecular formula is C20H16N4O3S. The normalized spacial score (nSPS) is 10.8. The fourth-order valence-electron chi connectivity index (χ4n) is 2.72. The van der Waals surface area contributed by atoms with E-state index in [1.807, 2.05) is 5.38 Å². The number of aromatic nitrogens is 3. The van der Waals surface area contributed by atoms with Crippen molar-refractivity contribution in [2.24, 2.45) is 0 Å². The molecule has 0 aliphatic rings. The second-order valence-corrected chi connectivity index (χ2v) is 7.04. The molecule has 0 aliphatic heterocycles. The Morgan fingerprint density at radius 2 is 2.00 bits per heavy atom. The lowest BCUT2D eigenvalue weighted by atomic mass is 10.2. The highest BCUT2D eigenvalue weighted by Gasteiger charge is 2.14. The number of rotatable bonds is 5. The third-order valence-electron chi connectivity index (χ3n) is 4.07. The third-order valence-corrected chi connectivity index (χ3v) is 4.97. The van der Waals surface area contributed by atoms with E-state index in [-0.39, 0.29) is 18.0 Å². The SMILES string of the molecule is CN(Cc1nc2ccsc2c(=O)[nH]1)C(=O)c1ccc(Oc2cccnc2)cc1. The van der Waals surface area contributed by atoms with Gasteiger partial charge in [0.1, 0.15) is 22.0 Å². The van der Waals surface area contributed by atoms with Crippen LogP contribution in [0.2, 0.25) is 0 Å². The number of benzene rings is 1. The fourth-order valence-corrected chi connectivity index (χ4v) is 3.45. The Kier molecular flexibility index (Phi) is 4.86. The quantitative estimate of drug-likeness (QED) is 0.562. The van der Waals surface area contributed by atoms with Crippen molar-refractivity contribution in [3.8, 4) is 11.5 Å². The number of thiophene rings is 1. The molecule has 3 heterocycles. The van der Waals surface area contributed by atoms with Crippen LogP contribution in [0.5, 0.6) is 11.5 Å². The van der Waals surface area contributed by atoms with Crippen molar-refractivity contribution in [1.29, 1.82) is 0 Å². The first-order chi connectivity index (χ1) is 13.6. The summed E-state index contributed by atoms with van der Waals surface area (Å²) in [6, 6.07) is 12.2. The molecule has 4 rings (SSSR count). The molecule has 0 atom stereocenters. The van der Waals surface area contributed by atoms with Crippen LogP contribution >= 0.6 is 11.3 Å². The third kappa shape index (κ3) is 3.77. The van der Waals surface area contributed by atoms with Gasteiger partial charge in [-0.25, -0.2) is 4.98 Å². The molecule has 0 aliphatic carbocycles. The number of amides is 1. The number of carbonyl (C=O) groups is 1. The van der Waals surface area contributed by atoms with E-state index >= 15 is 0 Å². The second-order valence-electron chi connectivity index (χ2n) is 6.12. The van der Waals surface area contributed by atoms with Gasteiger partial charge in [-0.3, -0.25) is 14.6 Å². The summed E-state index contributed by atoms with van der Waals surface area (Å²) in [5.41, 5.74) is 0.967. The van der Waals surface area contributed by atoms with Crippen LogP contribution in [0.15, 0.2) is 65.0 Å². The van der Waals surface area contributed by atoms with Gasteiger partial charge in [0.05, 0.1) is 18.3 Å². The Morgan fingerprint density at radius 3 is 2.75 bits per heavy atom. The van der Waals surface area contributed by atoms with Crippen molar-refractivity contribution in [3.05, 3.63) is 82.0 Å².